The van der Waals surface area contributed by atoms with Crippen molar-refractivity contribution >= 4 is 28.1 Å². The Labute approximate surface area is 99.9 Å². The Hall–Kier alpha value is -2.22. The van der Waals surface area contributed by atoms with Crippen LogP contribution in [0, 0.1) is 10.1 Å². The van der Waals surface area contributed by atoms with Crippen molar-refractivity contribution in [2.45, 2.75) is 0 Å². The molecule has 0 aromatic carbocycles. The lowest BCUT2D eigenvalue weighted by Gasteiger charge is -2.01. The highest BCUT2D eigenvalue weighted by Gasteiger charge is 2.17. The number of carbonyl (C=O) groups excluding carboxylic acids is 1. The standard InChI is InChI=1S/C9H8N4O3S/c1-12-5-6(13(15)16)4-7(12)8(14)11-9-10-2-3-17-9/h2-5H,1H3,(H,10,11,14). The monoisotopic (exact) mass is 252 g/mol. The lowest BCUT2D eigenvalue weighted by Crippen LogP contribution is -2.14. The summed E-state index contributed by atoms with van der Waals surface area (Å²) in [6, 6.07) is 1.23. The van der Waals surface area contributed by atoms with Gasteiger partial charge >= 0.3 is 0 Å². The first kappa shape index (κ1) is 11.3. The summed E-state index contributed by atoms with van der Waals surface area (Å²) >= 11 is 1.28. The molecule has 0 aliphatic heterocycles. The minimum absolute atomic E-state index is 0.114. The molecular weight excluding hydrogens is 244 g/mol. The van der Waals surface area contributed by atoms with Gasteiger partial charge in [-0.1, -0.05) is 0 Å². The molecule has 0 saturated carbocycles. The Balaban J connectivity index is 2.22. The Morgan fingerprint density at radius 1 is 1.65 bits per heavy atom. The summed E-state index contributed by atoms with van der Waals surface area (Å²) in [5, 5.41) is 15.3. The van der Waals surface area contributed by atoms with E-state index in [0.717, 1.165) is 0 Å². The van der Waals surface area contributed by atoms with Crippen LogP contribution in [0.25, 0.3) is 0 Å². The van der Waals surface area contributed by atoms with Gasteiger partial charge in [-0.25, -0.2) is 4.98 Å². The van der Waals surface area contributed by atoms with Gasteiger partial charge in [0.25, 0.3) is 11.6 Å². The van der Waals surface area contributed by atoms with Crippen LogP contribution in [0.1, 0.15) is 10.5 Å². The summed E-state index contributed by atoms with van der Waals surface area (Å²) in [5.41, 5.74) is 0.101. The second-order valence-corrected chi connectivity index (χ2v) is 4.14. The number of anilines is 1. The number of carbonyl (C=O) groups is 1. The molecule has 0 unspecified atom stereocenters. The number of hydrogen-bond acceptors (Lipinski definition) is 5. The summed E-state index contributed by atoms with van der Waals surface area (Å²) in [6.45, 7) is 0. The number of aryl methyl sites for hydroxylation is 1. The van der Waals surface area contributed by atoms with Crippen LogP contribution in [0.5, 0.6) is 0 Å². The minimum Gasteiger partial charge on any atom is -0.340 e. The third-order valence-corrected chi connectivity index (χ3v) is 2.78. The van der Waals surface area contributed by atoms with E-state index in [1.165, 1.54) is 28.2 Å². The minimum atomic E-state index is -0.541. The van der Waals surface area contributed by atoms with E-state index in [0.29, 0.717) is 5.13 Å². The van der Waals surface area contributed by atoms with Crippen LogP contribution < -0.4 is 5.32 Å². The predicted octanol–water partition coefficient (Wildman–Crippen LogP) is 1.64. The van der Waals surface area contributed by atoms with Crippen LogP contribution in [0.2, 0.25) is 0 Å². The van der Waals surface area contributed by atoms with Crippen molar-refractivity contribution in [3.63, 3.8) is 0 Å². The van der Waals surface area contributed by atoms with E-state index in [1.807, 2.05) is 0 Å². The summed E-state index contributed by atoms with van der Waals surface area (Å²) in [7, 11) is 1.57. The number of thiazole rings is 1. The van der Waals surface area contributed by atoms with Crippen molar-refractivity contribution in [3.05, 3.63) is 39.6 Å². The van der Waals surface area contributed by atoms with Crippen molar-refractivity contribution < 1.29 is 9.72 Å². The molecule has 2 aromatic heterocycles. The topological polar surface area (TPSA) is 90.1 Å². The first-order chi connectivity index (χ1) is 8.08. The molecule has 0 fully saturated rings. The normalized spacial score (nSPS) is 10.2. The lowest BCUT2D eigenvalue weighted by atomic mass is 10.4. The van der Waals surface area contributed by atoms with E-state index < -0.39 is 10.8 Å². The van der Waals surface area contributed by atoms with Crippen LogP contribution in [-0.4, -0.2) is 20.4 Å². The van der Waals surface area contributed by atoms with Gasteiger partial charge in [-0.05, 0) is 0 Å². The molecule has 0 aliphatic rings. The summed E-state index contributed by atoms with van der Waals surface area (Å²) in [5.74, 6) is -0.421. The fourth-order valence-corrected chi connectivity index (χ4v) is 1.84. The van der Waals surface area contributed by atoms with Crippen LogP contribution >= 0.6 is 11.3 Å². The van der Waals surface area contributed by atoms with Crippen molar-refractivity contribution in [1.82, 2.24) is 9.55 Å². The smallest absolute Gasteiger partial charge is 0.287 e. The average Bonchev–Trinajstić information content (AvgIpc) is 2.86. The number of nitrogens with one attached hydrogen (secondary N) is 1. The number of hydrogen-bond donors (Lipinski definition) is 1. The van der Waals surface area contributed by atoms with Crippen LogP contribution in [-0.2, 0) is 7.05 Å². The van der Waals surface area contributed by atoms with Crippen LogP contribution in [0.4, 0.5) is 10.8 Å². The maximum Gasteiger partial charge on any atom is 0.287 e. The van der Waals surface area contributed by atoms with Crippen molar-refractivity contribution in [2.75, 3.05) is 5.32 Å². The first-order valence-corrected chi connectivity index (χ1v) is 5.47. The molecule has 7 nitrogen and oxygen atoms in total. The van der Waals surface area contributed by atoms with Crippen molar-refractivity contribution in [1.29, 1.82) is 0 Å². The number of rotatable bonds is 3. The molecule has 1 N–H and O–H groups in total. The molecule has 17 heavy (non-hydrogen) atoms. The third-order valence-electron chi connectivity index (χ3n) is 2.09. The largest absolute Gasteiger partial charge is 0.340 e. The fraction of sp³-hybridized carbons (Fsp3) is 0.111. The predicted molar refractivity (Wildman–Crippen MR) is 62.1 cm³/mol. The zero-order valence-corrected chi connectivity index (χ0v) is 9.60. The maximum absolute atomic E-state index is 11.8. The number of nitrogens with zero attached hydrogens (tertiary/aromatic N) is 3. The molecule has 0 aliphatic carbocycles. The molecule has 0 radical (unpaired) electrons. The molecule has 88 valence electrons. The summed E-state index contributed by atoms with van der Waals surface area (Å²) in [6.07, 6.45) is 2.85. The lowest BCUT2D eigenvalue weighted by molar-refractivity contribution is -0.384. The van der Waals surface area contributed by atoms with E-state index in [1.54, 1.807) is 18.6 Å². The molecule has 1 amide bonds. The molecule has 0 bridgehead atoms. The fourth-order valence-electron chi connectivity index (χ4n) is 1.32. The van der Waals surface area contributed by atoms with E-state index in [9.17, 15) is 14.9 Å². The van der Waals surface area contributed by atoms with Crippen LogP contribution in [0.15, 0.2) is 23.8 Å². The Morgan fingerprint density at radius 3 is 2.94 bits per heavy atom. The average molecular weight is 252 g/mol. The van der Waals surface area contributed by atoms with E-state index in [2.05, 4.69) is 10.3 Å². The van der Waals surface area contributed by atoms with Gasteiger partial charge in [0.2, 0.25) is 0 Å². The zero-order valence-electron chi connectivity index (χ0n) is 8.78. The molecule has 0 saturated heterocycles. The number of amides is 1. The number of aromatic nitrogens is 2. The molecule has 0 spiro atoms. The highest BCUT2D eigenvalue weighted by atomic mass is 32.1. The Kier molecular flexibility index (Phi) is 2.88. The van der Waals surface area contributed by atoms with Gasteiger partial charge in [0.05, 0.1) is 11.1 Å². The second kappa shape index (κ2) is 4.34. The quantitative estimate of drug-likeness (QED) is 0.664. The number of nitro groups is 1. The van der Waals surface area contributed by atoms with Gasteiger partial charge in [0.15, 0.2) is 5.13 Å². The molecule has 8 heteroatoms. The maximum atomic E-state index is 11.8. The van der Waals surface area contributed by atoms with E-state index in [4.69, 9.17) is 0 Å². The van der Waals surface area contributed by atoms with Crippen molar-refractivity contribution in [3.8, 4) is 0 Å². The molecule has 0 atom stereocenters. The summed E-state index contributed by atoms with van der Waals surface area (Å²) < 4.78 is 1.40. The van der Waals surface area contributed by atoms with Gasteiger partial charge < -0.3 is 4.57 Å². The second-order valence-electron chi connectivity index (χ2n) is 3.24. The van der Waals surface area contributed by atoms with Gasteiger partial charge in [0.1, 0.15) is 5.69 Å². The molecule has 2 rings (SSSR count). The van der Waals surface area contributed by atoms with Crippen molar-refractivity contribution in [2.24, 2.45) is 7.05 Å². The van der Waals surface area contributed by atoms with Gasteiger partial charge in [-0.2, -0.15) is 0 Å². The SMILES string of the molecule is Cn1cc([N+](=O)[O-])cc1C(=O)Nc1nccs1. The third kappa shape index (κ3) is 2.31. The van der Waals surface area contributed by atoms with Crippen LogP contribution in [0.3, 0.4) is 0 Å². The molecular formula is C9H8N4O3S. The molecule has 2 aromatic rings. The highest BCUT2D eigenvalue weighted by Crippen LogP contribution is 2.17. The van der Waals surface area contributed by atoms with E-state index in [-0.39, 0.29) is 11.4 Å². The van der Waals surface area contributed by atoms with E-state index >= 15 is 0 Å². The van der Waals surface area contributed by atoms with Gasteiger partial charge in [0, 0.05) is 24.7 Å². The van der Waals surface area contributed by atoms with Gasteiger partial charge in [-0.15, -0.1) is 11.3 Å². The highest BCUT2D eigenvalue weighted by molar-refractivity contribution is 7.13. The Morgan fingerprint density at radius 2 is 2.41 bits per heavy atom. The first-order valence-electron chi connectivity index (χ1n) is 4.59. The molecule has 2 heterocycles. The Bertz CT molecular complexity index is 561. The van der Waals surface area contributed by atoms with Gasteiger partial charge in [-0.3, -0.25) is 20.2 Å². The summed E-state index contributed by atoms with van der Waals surface area (Å²) in [4.78, 5) is 25.7. The zero-order chi connectivity index (χ0) is 12.4.